The van der Waals surface area contributed by atoms with E-state index < -0.39 is 18.0 Å². The molecule has 2 amide bonds. The molecule has 7 heteroatoms. The zero-order valence-corrected chi connectivity index (χ0v) is 12.8. The molecule has 0 aliphatic rings. The molecule has 2 rings (SSSR count). The number of anilines is 1. The first kappa shape index (κ1) is 16.5. The van der Waals surface area contributed by atoms with Gasteiger partial charge in [0.1, 0.15) is 5.82 Å². The molecular weight excluding hydrogens is 330 g/mol. The monoisotopic (exact) mass is 342 g/mol. The van der Waals surface area contributed by atoms with Crippen LogP contribution in [-0.2, 0) is 0 Å². The Bertz CT molecular complexity index is 662. The van der Waals surface area contributed by atoms with Crippen molar-refractivity contribution in [2.45, 2.75) is 6.10 Å². The standard InChI is InChI=1S/C15H13Cl2FN2O2/c16-9-4-3-5-10(17)14(9)13(21)8-19-15(22)20-12-7-2-1-6-11(12)18/h1-7,13,21H,8H2,(H2,19,20,22). The molecule has 0 spiro atoms. The van der Waals surface area contributed by atoms with Crippen molar-refractivity contribution in [2.24, 2.45) is 0 Å². The van der Waals surface area contributed by atoms with Crippen LogP contribution in [-0.4, -0.2) is 17.7 Å². The normalized spacial score (nSPS) is 11.8. The van der Waals surface area contributed by atoms with Gasteiger partial charge in [0.15, 0.2) is 0 Å². The zero-order valence-electron chi connectivity index (χ0n) is 11.3. The summed E-state index contributed by atoms with van der Waals surface area (Å²) in [5, 5.41) is 15.4. The van der Waals surface area contributed by atoms with Crippen molar-refractivity contribution in [1.29, 1.82) is 0 Å². The SMILES string of the molecule is O=C(NCC(O)c1c(Cl)cccc1Cl)Nc1ccccc1F. The zero-order chi connectivity index (χ0) is 16.1. The summed E-state index contributed by atoms with van der Waals surface area (Å²) < 4.78 is 13.4. The van der Waals surface area contributed by atoms with Gasteiger partial charge in [-0.05, 0) is 24.3 Å². The highest BCUT2D eigenvalue weighted by Gasteiger charge is 2.16. The van der Waals surface area contributed by atoms with Gasteiger partial charge in [-0.25, -0.2) is 9.18 Å². The fraction of sp³-hybridized carbons (Fsp3) is 0.133. The van der Waals surface area contributed by atoms with Crippen LogP contribution in [0.4, 0.5) is 14.9 Å². The summed E-state index contributed by atoms with van der Waals surface area (Å²) in [5.74, 6) is -0.549. The molecule has 2 aromatic rings. The first-order valence-electron chi connectivity index (χ1n) is 6.40. The Morgan fingerprint density at radius 1 is 1.14 bits per heavy atom. The van der Waals surface area contributed by atoms with E-state index in [1.807, 2.05) is 0 Å². The minimum Gasteiger partial charge on any atom is -0.386 e. The molecule has 0 aromatic heterocycles. The van der Waals surface area contributed by atoms with Gasteiger partial charge in [0.2, 0.25) is 0 Å². The lowest BCUT2D eigenvalue weighted by molar-refractivity contribution is 0.175. The molecule has 0 saturated heterocycles. The van der Waals surface area contributed by atoms with E-state index in [0.717, 1.165) is 0 Å². The predicted octanol–water partition coefficient (Wildman–Crippen LogP) is 3.99. The van der Waals surface area contributed by atoms with Crippen LogP contribution in [0.15, 0.2) is 42.5 Å². The molecule has 0 aliphatic heterocycles. The fourth-order valence-electron chi connectivity index (χ4n) is 1.85. The van der Waals surface area contributed by atoms with Gasteiger partial charge in [-0.15, -0.1) is 0 Å². The number of para-hydroxylation sites is 1. The number of amides is 2. The van der Waals surface area contributed by atoms with E-state index in [9.17, 15) is 14.3 Å². The Morgan fingerprint density at radius 3 is 2.41 bits per heavy atom. The van der Waals surface area contributed by atoms with Gasteiger partial charge < -0.3 is 15.7 Å². The molecule has 116 valence electrons. The van der Waals surface area contributed by atoms with Crippen LogP contribution in [0.25, 0.3) is 0 Å². The second kappa shape index (κ2) is 7.45. The fourth-order valence-corrected chi connectivity index (χ4v) is 2.50. The van der Waals surface area contributed by atoms with Gasteiger partial charge in [-0.2, -0.15) is 0 Å². The highest BCUT2D eigenvalue weighted by molar-refractivity contribution is 6.36. The second-order valence-electron chi connectivity index (χ2n) is 4.47. The summed E-state index contributed by atoms with van der Waals surface area (Å²) in [5.41, 5.74) is 0.377. The quantitative estimate of drug-likeness (QED) is 0.786. The summed E-state index contributed by atoms with van der Waals surface area (Å²) in [7, 11) is 0. The van der Waals surface area contributed by atoms with Gasteiger partial charge >= 0.3 is 6.03 Å². The third-order valence-corrected chi connectivity index (χ3v) is 3.57. The number of halogens is 3. The lowest BCUT2D eigenvalue weighted by Crippen LogP contribution is -2.32. The number of nitrogens with one attached hydrogen (secondary N) is 2. The van der Waals surface area contributed by atoms with E-state index in [4.69, 9.17) is 23.2 Å². The van der Waals surface area contributed by atoms with Crippen LogP contribution in [0, 0.1) is 5.82 Å². The van der Waals surface area contributed by atoms with E-state index >= 15 is 0 Å². The molecule has 4 nitrogen and oxygen atoms in total. The maximum absolute atomic E-state index is 13.4. The highest BCUT2D eigenvalue weighted by atomic mass is 35.5. The van der Waals surface area contributed by atoms with Crippen LogP contribution in [0.2, 0.25) is 10.0 Å². The van der Waals surface area contributed by atoms with Gasteiger partial charge in [-0.3, -0.25) is 0 Å². The van der Waals surface area contributed by atoms with Crippen molar-refractivity contribution in [2.75, 3.05) is 11.9 Å². The summed E-state index contributed by atoms with van der Waals surface area (Å²) in [4.78, 5) is 11.7. The van der Waals surface area contributed by atoms with Gasteiger partial charge in [0.25, 0.3) is 0 Å². The van der Waals surface area contributed by atoms with E-state index in [0.29, 0.717) is 15.6 Å². The Morgan fingerprint density at radius 2 is 1.77 bits per heavy atom. The average molecular weight is 343 g/mol. The molecule has 0 heterocycles. The predicted molar refractivity (Wildman–Crippen MR) is 84.8 cm³/mol. The third-order valence-electron chi connectivity index (χ3n) is 2.91. The first-order valence-corrected chi connectivity index (χ1v) is 7.16. The molecule has 0 bridgehead atoms. The molecule has 0 saturated carbocycles. The number of hydrogen-bond donors (Lipinski definition) is 3. The Hall–Kier alpha value is -1.82. The highest BCUT2D eigenvalue weighted by Crippen LogP contribution is 2.29. The van der Waals surface area contributed by atoms with E-state index in [2.05, 4.69) is 10.6 Å². The van der Waals surface area contributed by atoms with Crippen LogP contribution in [0.1, 0.15) is 11.7 Å². The lowest BCUT2D eigenvalue weighted by atomic mass is 10.1. The van der Waals surface area contributed by atoms with E-state index in [1.165, 1.54) is 18.2 Å². The maximum atomic E-state index is 13.4. The van der Waals surface area contributed by atoms with Crippen LogP contribution in [0.5, 0.6) is 0 Å². The van der Waals surface area contributed by atoms with E-state index in [-0.39, 0.29) is 12.2 Å². The number of hydrogen-bond acceptors (Lipinski definition) is 2. The first-order chi connectivity index (χ1) is 10.5. The lowest BCUT2D eigenvalue weighted by Gasteiger charge is -2.15. The Kier molecular flexibility index (Phi) is 5.60. The summed E-state index contributed by atoms with van der Waals surface area (Å²) in [6.07, 6.45) is -1.08. The van der Waals surface area contributed by atoms with Crippen molar-refractivity contribution in [3.63, 3.8) is 0 Å². The maximum Gasteiger partial charge on any atom is 0.319 e. The largest absolute Gasteiger partial charge is 0.386 e. The molecule has 3 N–H and O–H groups in total. The van der Waals surface area contributed by atoms with Crippen LogP contribution in [0.3, 0.4) is 0 Å². The summed E-state index contributed by atoms with van der Waals surface area (Å²) in [6, 6.07) is 9.95. The summed E-state index contributed by atoms with van der Waals surface area (Å²) in [6.45, 7) is -0.121. The number of carbonyl (C=O) groups is 1. The van der Waals surface area contributed by atoms with Gasteiger partial charge in [0.05, 0.1) is 11.8 Å². The van der Waals surface area contributed by atoms with Crippen molar-refractivity contribution in [3.05, 3.63) is 63.9 Å². The van der Waals surface area contributed by atoms with Crippen LogP contribution >= 0.6 is 23.2 Å². The molecule has 2 aromatic carbocycles. The average Bonchev–Trinajstić information content (AvgIpc) is 2.47. The van der Waals surface area contributed by atoms with Crippen molar-refractivity contribution >= 4 is 34.9 Å². The van der Waals surface area contributed by atoms with Crippen molar-refractivity contribution in [3.8, 4) is 0 Å². The number of urea groups is 1. The third kappa shape index (κ3) is 4.10. The second-order valence-corrected chi connectivity index (χ2v) is 5.28. The smallest absolute Gasteiger partial charge is 0.319 e. The molecule has 0 radical (unpaired) electrons. The number of rotatable bonds is 4. The van der Waals surface area contributed by atoms with Crippen molar-refractivity contribution < 1.29 is 14.3 Å². The minimum absolute atomic E-state index is 0.0465. The number of carbonyl (C=O) groups excluding carboxylic acids is 1. The molecule has 22 heavy (non-hydrogen) atoms. The Labute approximate surface area is 136 Å². The molecule has 1 unspecified atom stereocenters. The molecule has 0 aliphatic carbocycles. The molecular formula is C15H13Cl2FN2O2. The minimum atomic E-state index is -1.08. The molecule has 0 fully saturated rings. The summed E-state index contributed by atoms with van der Waals surface area (Å²) >= 11 is 11.9. The van der Waals surface area contributed by atoms with Crippen LogP contribution < -0.4 is 10.6 Å². The van der Waals surface area contributed by atoms with Gasteiger partial charge in [-0.1, -0.05) is 41.4 Å². The Balaban J connectivity index is 1.95. The molecule has 1 atom stereocenters. The topological polar surface area (TPSA) is 61.4 Å². The van der Waals surface area contributed by atoms with Crippen molar-refractivity contribution in [1.82, 2.24) is 5.32 Å². The van der Waals surface area contributed by atoms with E-state index in [1.54, 1.807) is 24.3 Å². The van der Waals surface area contributed by atoms with Gasteiger partial charge in [0, 0.05) is 22.2 Å². The number of aliphatic hydroxyl groups is 1. The number of benzene rings is 2. The number of aliphatic hydroxyl groups excluding tert-OH is 1.